The van der Waals surface area contributed by atoms with E-state index in [0.717, 1.165) is 20.9 Å². The fraction of sp³-hybridized carbons (Fsp3) is 0.357. The predicted molar refractivity (Wildman–Crippen MR) is 74.3 cm³/mol. The molecule has 0 bridgehead atoms. The van der Waals surface area contributed by atoms with E-state index in [9.17, 15) is 4.79 Å². The molecule has 1 unspecified atom stereocenters. The maximum Gasteiger partial charge on any atom is 0.168 e. The maximum absolute atomic E-state index is 12.3. The third-order valence-electron chi connectivity index (χ3n) is 3.32. The van der Waals surface area contributed by atoms with E-state index < -0.39 is 0 Å². The minimum Gasteiger partial charge on any atom is -0.360 e. The summed E-state index contributed by atoms with van der Waals surface area (Å²) in [5.41, 5.74) is 1.80. The Balaban J connectivity index is 2.46. The molecule has 0 saturated carbocycles. The zero-order chi connectivity index (χ0) is 12.6. The molecule has 1 heterocycles. The zero-order valence-electron chi connectivity index (χ0n) is 10.3. The number of halogens is 1. The van der Waals surface area contributed by atoms with Crippen LogP contribution in [0.5, 0.6) is 0 Å². The van der Waals surface area contributed by atoms with Gasteiger partial charge in [-0.2, -0.15) is 0 Å². The Hall–Kier alpha value is -1.09. The molecule has 0 aliphatic rings. The van der Waals surface area contributed by atoms with Crippen molar-refractivity contribution in [3.8, 4) is 0 Å². The zero-order valence-corrected chi connectivity index (χ0v) is 11.8. The lowest BCUT2D eigenvalue weighted by molar-refractivity contribution is 0.0901. The summed E-state index contributed by atoms with van der Waals surface area (Å²) in [4.78, 5) is 15.5. The highest BCUT2D eigenvalue weighted by Crippen LogP contribution is 2.26. The summed E-state index contributed by atoms with van der Waals surface area (Å²) in [6.07, 6.45) is 1.82. The van der Waals surface area contributed by atoms with Gasteiger partial charge < -0.3 is 4.98 Å². The van der Waals surface area contributed by atoms with E-state index in [-0.39, 0.29) is 11.7 Å². The molecule has 0 aliphatic carbocycles. The van der Waals surface area contributed by atoms with Crippen molar-refractivity contribution in [1.82, 2.24) is 4.98 Å². The number of ketones is 1. The number of benzene rings is 1. The van der Waals surface area contributed by atoms with Crippen LogP contribution in [0.2, 0.25) is 0 Å². The number of carbonyl (C=O) groups is 1. The highest BCUT2D eigenvalue weighted by Gasteiger charge is 2.21. The highest BCUT2D eigenvalue weighted by molar-refractivity contribution is 9.10. The van der Waals surface area contributed by atoms with Gasteiger partial charge in [0, 0.05) is 33.1 Å². The molecular weight excluding hydrogens is 278 g/mol. The molecule has 0 fully saturated rings. The van der Waals surface area contributed by atoms with Gasteiger partial charge in [0.05, 0.1) is 0 Å². The normalized spacial score (nSPS) is 13.2. The maximum atomic E-state index is 12.3. The van der Waals surface area contributed by atoms with Crippen molar-refractivity contribution >= 4 is 32.6 Å². The number of aromatic amines is 1. The molecule has 1 atom stereocenters. The molecule has 0 amide bonds. The minimum absolute atomic E-state index is 0.0534. The summed E-state index contributed by atoms with van der Waals surface area (Å²) in [7, 11) is 0. The van der Waals surface area contributed by atoms with E-state index in [4.69, 9.17) is 0 Å². The van der Waals surface area contributed by atoms with Gasteiger partial charge in [0.1, 0.15) is 0 Å². The largest absolute Gasteiger partial charge is 0.360 e. The lowest BCUT2D eigenvalue weighted by Crippen LogP contribution is -2.16. The predicted octanol–water partition coefficient (Wildman–Crippen LogP) is 4.41. The number of rotatable bonds is 3. The molecule has 1 N–H and O–H groups in total. The van der Waals surface area contributed by atoms with Gasteiger partial charge in [0.15, 0.2) is 5.78 Å². The molecular formula is C14H16BrNO. The summed E-state index contributed by atoms with van der Waals surface area (Å²) in [6.45, 7) is 6.15. The monoisotopic (exact) mass is 293 g/mol. The van der Waals surface area contributed by atoms with Crippen LogP contribution in [0.15, 0.2) is 28.9 Å². The Bertz CT molecular complexity index is 556. The first kappa shape index (κ1) is 12.4. The van der Waals surface area contributed by atoms with Crippen molar-refractivity contribution in [2.45, 2.75) is 20.8 Å². The second-order valence-corrected chi connectivity index (χ2v) is 5.70. The van der Waals surface area contributed by atoms with Crippen molar-refractivity contribution in [2.24, 2.45) is 11.8 Å². The van der Waals surface area contributed by atoms with Crippen LogP contribution in [-0.4, -0.2) is 10.8 Å². The highest BCUT2D eigenvalue weighted by atomic mass is 79.9. The fourth-order valence-electron chi connectivity index (χ4n) is 1.85. The topological polar surface area (TPSA) is 32.9 Å². The smallest absolute Gasteiger partial charge is 0.168 e. The number of aromatic nitrogens is 1. The quantitative estimate of drug-likeness (QED) is 0.836. The Morgan fingerprint density at radius 2 is 2.00 bits per heavy atom. The summed E-state index contributed by atoms with van der Waals surface area (Å²) >= 11 is 3.43. The van der Waals surface area contributed by atoms with E-state index in [1.807, 2.05) is 31.3 Å². The molecule has 0 aliphatic heterocycles. The molecule has 1 aromatic carbocycles. The second-order valence-electron chi connectivity index (χ2n) is 4.79. The van der Waals surface area contributed by atoms with Gasteiger partial charge in [-0.05, 0) is 18.1 Å². The van der Waals surface area contributed by atoms with E-state index in [1.165, 1.54) is 0 Å². The van der Waals surface area contributed by atoms with Crippen molar-refractivity contribution in [2.75, 3.05) is 0 Å². The van der Waals surface area contributed by atoms with Gasteiger partial charge in [-0.25, -0.2) is 0 Å². The van der Waals surface area contributed by atoms with Crippen LogP contribution in [-0.2, 0) is 0 Å². The standard InChI is InChI=1S/C14H16BrNO/c1-8(2)9(3)14(17)12-7-16-13-6-10(15)4-5-11(12)13/h4-9,16H,1-3H3. The van der Waals surface area contributed by atoms with Crippen LogP contribution in [0, 0.1) is 11.8 Å². The Kier molecular flexibility index (Phi) is 3.38. The molecule has 90 valence electrons. The summed E-state index contributed by atoms with van der Waals surface area (Å²) < 4.78 is 1.02. The van der Waals surface area contributed by atoms with Gasteiger partial charge in [-0.1, -0.05) is 42.8 Å². The first-order valence-corrected chi connectivity index (χ1v) is 6.61. The van der Waals surface area contributed by atoms with Crippen LogP contribution in [0.3, 0.4) is 0 Å². The number of carbonyl (C=O) groups excluding carboxylic acids is 1. The SMILES string of the molecule is CC(C)C(C)C(=O)c1c[nH]c2cc(Br)ccc12. The number of H-pyrrole nitrogens is 1. The number of Topliss-reactive ketones (excluding diaryl/α,β-unsaturated/α-hetero) is 1. The molecule has 3 heteroatoms. The fourth-order valence-corrected chi connectivity index (χ4v) is 2.21. The summed E-state index contributed by atoms with van der Waals surface area (Å²) in [5, 5.41) is 1.01. The van der Waals surface area contributed by atoms with Crippen LogP contribution in [0.1, 0.15) is 31.1 Å². The summed E-state index contributed by atoms with van der Waals surface area (Å²) in [5.74, 6) is 0.633. The average Bonchev–Trinajstić information content (AvgIpc) is 2.69. The van der Waals surface area contributed by atoms with Crippen molar-refractivity contribution in [1.29, 1.82) is 0 Å². The Labute approximate surface area is 110 Å². The minimum atomic E-state index is 0.0534. The van der Waals surface area contributed by atoms with Crippen LogP contribution in [0.25, 0.3) is 10.9 Å². The van der Waals surface area contributed by atoms with Gasteiger partial charge in [-0.3, -0.25) is 4.79 Å². The first-order chi connectivity index (χ1) is 8.00. The number of hydrogen-bond donors (Lipinski definition) is 1. The molecule has 1 aromatic heterocycles. The van der Waals surface area contributed by atoms with E-state index in [1.54, 1.807) is 0 Å². The van der Waals surface area contributed by atoms with Gasteiger partial charge in [-0.15, -0.1) is 0 Å². The lowest BCUT2D eigenvalue weighted by atomic mass is 9.90. The van der Waals surface area contributed by atoms with Crippen LogP contribution in [0.4, 0.5) is 0 Å². The van der Waals surface area contributed by atoms with E-state index >= 15 is 0 Å². The number of hydrogen-bond acceptors (Lipinski definition) is 1. The van der Waals surface area contributed by atoms with E-state index in [0.29, 0.717) is 5.92 Å². The molecule has 0 radical (unpaired) electrons. The first-order valence-electron chi connectivity index (χ1n) is 5.81. The van der Waals surface area contributed by atoms with Crippen molar-refractivity contribution in [3.63, 3.8) is 0 Å². The number of nitrogens with one attached hydrogen (secondary N) is 1. The van der Waals surface area contributed by atoms with Gasteiger partial charge in [0.2, 0.25) is 0 Å². The molecule has 0 spiro atoms. The van der Waals surface area contributed by atoms with Crippen LogP contribution >= 0.6 is 15.9 Å². The van der Waals surface area contributed by atoms with Gasteiger partial charge in [0.25, 0.3) is 0 Å². The Morgan fingerprint density at radius 3 is 2.65 bits per heavy atom. The second kappa shape index (κ2) is 4.65. The average molecular weight is 294 g/mol. The Morgan fingerprint density at radius 1 is 1.29 bits per heavy atom. The molecule has 2 aromatic rings. The van der Waals surface area contributed by atoms with E-state index in [2.05, 4.69) is 34.8 Å². The van der Waals surface area contributed by atoms with Crippen LogP contribution < -0.4 is 0 Å². The molecule has 17 heavy (non-hydrogen) atoms. The molecule has 0 saturated heterocycles. The van der Waals surface area contributed by atoms with Crippen molar-refractivity contribution in [3.05, 3.63) is 34.4 Å². The lowest BCUT2D eigenvalue weighted by Gasteiger charge is -2.13. The third kappa shape index (κ3) is 2.29. The van der Waals surface area contributed by atoms with Gasteiger partial charge >= 0.3 is 0 Å². The van der Waals surface area contributed by atoms with Crippen molar-refractivity contribution < 1.29 is 4.79 Å². The number of fused-ring (bicyclic) bond motifs is 1. The third-order valence-corrected chi connectivity index (χ3v) is 3.82. The molecule has 2 nitrogen and oxygen atoms in total. The molecule has 2 rings (SSSR count). The summed E-state index contributed by atoms with van der Waals surface area (Å²) in [6, 6.07) is 5.94.